The maximum Gasteiger partial charge on any atom is 0.355 e. The molecule has 0 radical (unpaired) electrons. The van der Waals surface area contributed by atoms with Crippen molar-refractivity contribution in [3.8, 4) is 0 Å². The molecule has 1 unspecified atom stereocenters. The fraction of sp³-hybridized carbons (Fsp3) is 0.375. The van der Waals surface area contributed by atoms with Crippen molar-refractivity contribution in [3.05, 3.63) is 53.9 Å². The molecule has 1 aromatic rings. The maximum absolute atomic E-state index is 14.2. The molecule has 1 aromatic carbocycles. The molecule has 1 atom stereocenters. The van der Waals surface area contributed by atoms with E-state index in [1.165, 1.54) is 12.1 Å². The quantitative estimate of drug-likeness (QED) is 0.655. The van der Waals surface area contributed by atoms with Crippen LogP contribution in [0.25, 0.3) is 5.57 Å². The molecule has 0 saturated carbocycles. The summed E-state index contributed by atoms with van der Waals surface area (Å²) in [6.45, 7) is 1.79. The zero-order valence-electron chi connectivity index (χ0n) is 11.7. The molecule has 0 bridgehead atoms. The second kappa shape index (κ2) is 6.03. The van der Waals surface area contributed by atoms with Crippen molar-refractivity contribution < 1.29 is 23.0 Å². The van der Waals surface area contributed by atoms with Crippen LogP contribution >= 0.6 is 0 Å². The number of benzene rings is 1. The Morgan fingerprint density at radius 2 is 1.86 bits per heavy atom. The molecule has 0 fully saturated rings. The summed E-state index contributed by atoms with van der Waals surface area (Å²) >= 11 is 0. The molecule has 114 valence electrons. The van der Waals surface area contributed by atoms with Gasteiger partial charge in [-0.3, -0.25) is 0 Å². The SMILES string of the molecule is CCCCOC1(O)C=CC(c2ccccc2)=C(F)C1(F)F. The van der Waals surface area contributed by atoms with Crippen molar-refractivity contribution in [3.63, 3.8) is 0 Å². The Morgan fingerprint density at radius 1 is 1.19 bits per heavy atom. The first kappa shape index (κ1) is 15.8. The molecule has 2 rings (SSSR count). The van der Waals surface area contributed by atoms with Gasteiger partial charge in [-0.25, -0.2) is 4.39 Å². The summed E-state index contributed by atoms with van der Waals surface area (Å²) in [7, 11) is 0. The smallest absolute Gasteiger partial charge is 0.355 e. The van der Waals surface area contributed by atoms with Gasteiger partial charge in [0, 0.05) is 5.57 Å². The molecule has 0 amide bonds. The minimum atomic E-state index is -4.12. The second-order valence-electron chi connectivity index (χ2n) is 4.90. The number of rotatable bonds is 5. The molecule has 1 N–H and O–H groups in total. The Labute approximate surface area is 121 Å². The van der Waals surface area contributed by atoms with E-state index in [1.54, 1.807) is 18.2 Å². The van der Waals surface area contributed by atoms with E-state index in [-0.39, 0.29) is 12.2 Å². The molecular formula is C16H17F3O2. The number of aliphatic hydroxyl groups is 1. The van der Waals surface area contributed by atoms with Crippen LogP contribution in [0.4, 0.5) is 13.2 Å². The van der Waals surface area contributed by atoms with Crippen molar-refractivity contribution in [2.45, 2.75) is 31.5 Å². The molecular weight excluding hydrogens is 281 g/mol. The molecule has 21 heavy (non-hydrogen) atoms. The van der Waals surface area contributed by atoms with E-state index in [0.29, 0.717) is 12.0 Å². The van der Waals surface area contributed by atoms with Gasteiger partial charge in [-0.2, -0.15) is 8.78 Å². The summed E-state index contributed by atoms with van der Waals surface area (Å²) in [5.41, 5.74) is 0.0749. The van der Waals surface area contributed by atoms with Crippen LogP contribution in [-0.4, -0.2) is 23.4 Å². The third-order valence-electron chi connectivity index (χ3n) is 3.34. The monoisotopic (exact) mass is 298 g/mol. The van der Waals surface area contributed by atoms with Crippen LogP contribution in [-0.2, 0) is 4.74 Å². The highest BCUT2D eigenvalue weighted by molar-refractivity contribution is 5.78. The van der Waals surface area contributed by atoms with Crippen LogP contribution in [0.15, 0.2) is 48.3 Å². The van der Waals surface area contributed by atoms with Crippen LogP contribution in [0.5, 0.6) is 0 Å². The first-order chi connectivity index (χ1) is 9.92. The maximum atomic E-state index is 14.2. The predicted octanol–water partition coefficient (Wildman–Crippen LogP) is 4.08. The molecule has 0 aromatic heterocycles. The summed E-state index contributed by atoms with van der Waals surface area (Å²) in [5.74, 6) is -8.75. The Morgan fingerprint density at radius 3 is 2.48 bits per heavy atom. The lowest BCUT2D eigenvalue weighted by atomic mass is 9.92. The van der Waals surface area contributed by atoms with Gasteiger partial charge >= 0.3 is 5.92 Å². The van der Waals surface area contributed by atoms with E-state index in [9.17, 15) is 18.3 Å². The molecule has 0 heterocycles. The molecule has 0 saturated heterocycles. The van der Waals surface area contributed by atoms with Crippen molar-refractivity contribution in [2.24, 2.45) is 0 Å². The predicted molar refractivity (Wildman–Crippen MR) is 74.4 cm³/mol. The number of halogens is 3. The number of alkyl halides is 2. The van der Waals surface area contributed by atoms with Crippen molar-refractivity contribution >= 4 is 5.57 Å². The number of hydrogen-bond donors (Lipinski definition) is 1. The average molecular weight is 298 g/mol. The number of ether oxygens (including phenoxy) is 1. The van der Waals surface area contributed by atoms with Crippen molar-refractivity contribution in [1.29, 1.82) is 0 Å². The van der Waals surface area contributed by atoms with Gasteiger partial charge in [0.1, 0.15) is 0 Å². The van der Waals surface area contributed by atoms with Gasteiger partial charge in [0.2, 0.25) is 0 Å². The van der Waals surface area contributed by atoms with Gasteiger partial charge in [-0.15, -0.1) is 0 Å². The van der Waals surface area contributed by atoms with Crippen molar-refractivity contribution in [1.82, 2.24) is 0 Å². The Balaban J connectivity index is 2.32. The number of allylic oxidation sites excluding steroid dienone is 2. The topological polar surface area (TPSA) is 29.5 Å². The molecule has 0 spiro atoms. The summed E-state index contributed by atoms with van der Waals surface area (Å²) in [4.78, 5) is 0. The van der Waals surface area contributed by atoms with Crippen LogP contribution in [0.2, 0.25) is 0 Å². The molecule has 1 aliphatic rings. The first-order valence-corrected chi connectivity index (χ1v) is 6.81. The number of hydrogen-bond acceptors (Lipinski definition) is 2. The fourth-order valence-corrected chi connectivity index (χ4v) is 2.05. The van der Waals surface area contributed by atoms with Crippen LogP contribution in [0.3, 0.4) is 0 Å². The highest BCUT2D eigenvalue weighted by Crippen LogP contribution is 2.45. The van der Waals surface area contributed by atoms with Gasteiger partial charge < -0.3 is 9.84 Å². The lowest BCUT2D eigenvalue weighted by Crippen LogP contribution is -2.51. The molecule has 2 nitrogen and oxygen atoms in total. The van der Waals surface area contributed by atoms with E-state index >= 15 is 0 Å². The third kappa shape index (κ3) is 2.89. The van der Waals surface area contributed by atoms with Gasteiger partial charge in [0.05, 0.1) is 6.61 Å². The molecule has 5 heteroatoms. The zero-order chi connectivity index (χ0) is 15.5. The fourth-order valence-electron chi connectivity index (χ4n) is 2.05. The molecule has 0 aliphatic heterocycles. The largest absolute Gasteiger partial charge is 0.357 e. The highest BCUT2D eigenvalue weighted by Gasteiger charge is 2.58. The third-order valence-corrected chi connectivity index (χ3v) is 3.34. The van der Waals surface area contributed by atoms with Gasteiger partial charge in [0.25, 0.3) is 5.79 Å². The summed E-state index contributed by atoms with van der Waals surface area (Å²) in [6.07, 6.45) is 3.17. The molecule has 1 aliphatic carbocycles. The van der Waals surface area contributed by atoms with E-state index in [2.05, 4.69) is 0 Å². The average Bonchev–Trinajstić information content (AvgIpc) is 2.47. The highest BCUT2D eigenvalue weighted by atomic mass is 19.3. The summed E-state index contributed by atoms with van der Waals surface area (Å²) < 4.78 is 47.3. The summed E-state index contributed by atoms with van der Waals surface area (Å²) in [6, 6.07) is 8.01. The Kier molecular flexibility index (Phi) is 4.54. The normalized spacial score (nSPS) is 24.4. The Hall–Kier alpha value is -1.59. The lowest BCUT2D eigenvalue weighted by Gasteiger charge is -2.35. The minimum absolute atomic E-state index is 0.0686. The number of unbranched alkanes of at least 4 members (excludes halogenated alkanes) is 1. The lowest BCUT2D eigenvalue weighted by molar-refractivity contribution is -0.280. The van der Waals surface area contributed by atoms with Crippen LogP contribution < -0.4 is 0 Å². The van der Waals surface area contributed by atoms with E-state index in [0.717, 1.165) is 18.6 Å². The van der Waals surface area contributed by atoms with Crippen molar-refractivity contribution in [2.75, 3.05) is 6.61 Å². The minimum Gasteiger partial charge on any atom is -0.357 e. The zero-order valence-corrected chi connectivity index (χ0v) is 11.7. The van der Waals surface area contributed by atoms with E-state index < -0.39 is 17.5 Å². The van der Waals surface area contributed by atoms with E-state index in [1.807, 2.05) is 6.92 Å². The van der Waals surface area contributed by atoms with Gasteiger partial charge in [0.15, 0.2) is 5.83 Å². The Bertz CT molecular complexity index is 552. The van der Waals surface area contributed by atoms with E-state index in [4.69, 9.17) is 4.74 Å². The first-order valence-electron chi connectivity index (χ1n) is 6.81. The second-order valence-corrected chi connectivity index (χ2v) is 4.90. The van der Waals surface area contributed by atoms with Crippen LogP contribution in [0, 0.1) is 0 Å². The van der Waals surface area contributed by atoms with Gasteiger partial charge in [-0.1, -0.05) is 43.7 Å². The standard InChI is InChI=1S/C16H17F3O2/c1-2-3-11-21-15(20)10-9-13(14(17)16(15,18)19)12-7-5-4-6-8-12/h4-10,20H,2-3,11H2,1H3. The summed E-state index contributed by atoms with van der Waals surface area (Å²) in [5, 5.41) is 9.93. The van der Waals surface area contributed by atoms with Crippen LogP contribution in [0.1, 0.15) is 25.3 Å². The van der Waals surface area contributed by atoms with Gasteiger partial charge in [-0.05, 0) is 24.1 Å².